The first-order valence-corrected chi connectivity index (χ1v) is 9.10. The zero-order valence-corrected chi connectivity index (χ0v) is 16.5. The van der Waals surface area contributed by atoms with Crippen molar-refractivity contribution in [2.75, 3.05) is 12.0 Å². The molecule has 0 aliphatic carbocycles. The fourth-order valence-electron chi connectivity index (χ4n) is 3.44. The van der Waals surface area contributed by atoms with Crippen molar-refractivity contribution in [3.05, 3.63) is 59.2 Å². The van der Waals surface area contributed by atoms with Crippen molar-refractivity contribution in [3.8, 4) is 5.75 Å². The van der Waals surface area contributed by atoms with Crippen molar-refractivity contribution in [1.29, 1.82) is 0 Å². The summed E-state index contributed by atoms with van der Waals surface area (Å²) in [4.78, 5) is 14.5. The summed E-state index contributed by atoms with van der Waals surface area (Å²) in [6.45, 7) is 10.6. The number of fused-ring (bicyclic) bond motifs is 1. The van der Waals surface area contributed by atoms with Crippen LogP contribution < -0.4 is 15.0 Å². The molecule has 0 radical (unpaired) electrons. The van der Waals surface area contributed by atoms with Crippen molar-refractivity contribution in [3.63, 3.8) is 0 Å². The minimum atomic E-state index is -0.184. The number of methoxy groups -OCH3 is 1. The Bertz CT molecular complexity index is 804. The molecule has 2 amide bonds. The first-order chi connectivity index (χ1) is 12.2. The monoisotopic (exact) mass is 352 g/mol. The average Bonchev–Trinajstić information content (AvgIpc) is 2.59. The van der Waals surface area contributed by atoms with Gasteiger partial charge < -0.3 is 10.1 Å². The van der Waals surface area contributed by atoms with Crippen LogP contribution >= 0.6 is 0 Å². The number of benzene rings is 2. The topological polar surface area (TPSA) is 41.6 Å². The van der Waals surface area contributed by atoms with Crippen LogP contribution in [-0.4, -0.2) is 19.2 Å². The molecule has 26 heavy (non-hydrogen) atoms. The molecule has 3 rings (SSSR count). The van der Waals surface area contributed by atoms with Gasteiger partial charge in [-0.25, -0.2) is 4.79 Å². The normalized spacial score (nSPS) is 17.1. The van der Waals surface area contributed by atoms with Crippen molar-refractivity contribution in [1.82, 2.24) is 5.32 Å². The van der Waals surface area contributed by atoms with Gasteiger partial charge in [-0.05, 0) is 48.6 Å². The van der Waals surface area contributed by atoms with Crippen LogP contribution in [-0.2, 0) is 5.41 Å². The van der Waals surface area contributed by atoms with E-state index in [4.69, 9.17) is 4.74 Å². The van der Waals surface area contributed by atoms with Gasteiger partial charge in [-0.1, -0.05) is 45.0 Å². The number of hydrogen-bond acceptors (Lipinski definition) is 2. The lowest BCUT2D eigenvalue weighted by Gasteiger charge is -2.38. The minimum absolute atomic E-state index is 0.0671. The molecule has 1 N–H and O–H groups in total. The molecule has 4 nitrogen and oxygen atoms in total. The number of hydrogen-bond donors (Lipinski definition) is 1. The Kier molecular flexibility index (Phi) is 4.70. The summed E-state index contributed by atoms with van der Waals surface area (Å²) < 4.78 is 5.42. The molecular formula is C22H28N2O2. The smallest absolute Gasteiger partial charge is 0.322 e. The average molecular weight is 352 g/mol. The summed E-state index contributed by atoms with van der Waals surface area (Å²) in [5, 5.41) is 3.16. The van der Waals surface area contributed by atoms with Crippen LogP contribution in [0.1, 0.15) is 57.4 Å². The van der Waals surface area contributed by atoms with Gasteiger partial charge in [-0.15, -0.1) is 0 Å². The summed E-state index contributed by atoms with van der Waals surface area (Å²) in [6, 6.07) is 14.2. The predicted molar refractivity (Wildman–Crippen MR) is 106 cm³/mol. The number of carbonyl (C=O) groups excluding carboxylic acids is 1. The van der Waals surface area contributed by atoms with Crippen molar-refractivity contribution in [2.24, 2.45) is 0 Å². The molecule has 0 bridgehead atoms. The van der Waals surface area contributed by atoms with E-state index < -0.39 is 0 Å². The van der Waals surface area contributed by atoms with Crippen LogP contribution in [0.2, 0.25) is 0 Å². The molecule has 1 unspecified atom stereocenters. The maximum Gasteiger partial charge on any atom is 0.322 e. The van der Waals surface area contributed by atoms with Crippen molar-refractivity contribution in [2.45, 2.75) is 52.1 Å². The Morgan fingerprint density at radius 3 is 2.27 bits per heavy atom. The third-order valence-electron chi connectivity index (χ3n) is 4.92. The molecule has 0 saturated heterocycles. The molecule has 1 aliphatic heterocycles. The predicted octanol–water partition coefficient (Wildman–Crippen LogP) is 5.02. The highest BCUT2D eigenvalue weighted by atomic mass is 16.5. The van der Waals surface area contributed by atoms with Crippen molar-refractivity contribution >= 4 is 11.7 Å². The van der Waals surface area contributed by atoms with Gasteiger partial charge in [-0.2, -0.15) is 0 Å². The van der Waals surface area contributed by atoms with Crippen LogP contribution in [0.4, 0.5) is 10.5 Å². The number of nitrogens with one attached hydrogen (secondary N) is 1. The van der Waals surface area contributed by atoms with Crippen LogP contribution in [0, 0.1) is 0 Å². The number of carbonyl (C=O) groups is 1. The largest absolute Gasteiger partial charge is 0.497 e. The Labute approximate surface area is 156 Å². The van der Waals surface area contributed by atoms with E-state index in [2.05, 4.69) is 50.4 Å². The molecule has 138 valence electrons. The van der Waals surface area contributed by atoms with Gasteiger partial charge in [0.1, 0.15) is 5.75 Å². The Hall–Kier alpha value is -2.49. The first kappa shape index (κ1) is 18.3. The zero-order valence-electron chi connectivity index (χ0n) is 16.5. The first-order valence-electron chi connectivity index (χ1n) is 9.10. The second-order valence-electron chi connectivity index (χ2n) is 8.14. The van der Waals surface area contributed by atoms with E-state index in [0.717, 1.165) is 22.6 Å². The molecule has 2 aromatic rings. The van der Waals surface area contributed by atoms with Gasteiger partial charge in [0.25, 0.3) is 0 Å². The van der Waals surface area contributed by atoms with E-state index in [0.29, 0.717) is 0 Å². The third kappa shape index (κ3) is 3.28. The fraction of sp³-hybridized carbons (Fsp3) is 0.409. The summed E-state index contributed by atoms with van der Waals surface area (Å²) >= 11 is 0. The molecule has 0 aromatic heterocycles. The minimum Gasteiger partial charge on any atom is -0.497 e. The zero-order chi connectivity index (χ0) is 19.1. The number of nitrogens with zero attached hydrogens (tertiary/aromatic N) is 1. The second kappa shape index (κ2) is 6.67. The van der Waals surface area contributed by atoms with Gasteiger partial charge in [0.05, 0.1) is 18.8 Å². The lowest BCUT2D eigenvalue weighted by atomic mass is 9.85. The molecule has 0 fully saturated rings. The molecule has 1 aliphatic rings. The van der Waals surface area contributed by atoms with Crippen LogP contribution in [0.3, 0.4) is 0 Å². The van der Waals surface area contributed by atoms with E-state index >= 15 is 0 Å². The number of anilines is 1. The van der Waals surface area contributed by atoms with Gasteiger partial charge in [0.15, 0.2) is 0 Å². The molecular weight excluding hydrogens is 324 g/mol. The van der Waals surface area contributed by atoms with E-state index in [9.17, 15) is 4.79 Å². The number of rotatable bonds is 3. The number of ether oxygens (including phenoxy) is 1. The van der Waals surface area contributed by atoms with Crippen LogP contribution in [0.15, 0.2) is 42.5 Å². The van der Waals surface area contributed by atoms with E-state index in [-0.39, 0.29) is 23.5 Å². The molecule has 1 atom stereocenters. The lowest BCUT2D eigenvalue weighted by Crippen LogP contribution is -2.50. The lowest BCUT2D eigenvalue weighted by molar-refractivity contribution is 0.241. The highest BCUT2D eigenvalue weighted by Crippen LogP contribution is 2.38. The van der Waals surface area contributed by atoms with Gasteiger partial charge in [0, 0.05) is 11.6 Å². The second-order valence-corrected chi connectivity index (χ2v) is 8.14. The molecule has 0 spiro atoms. The van der Waals surface area contributed by atoms with Gasteiger partial charge in [0.2, 0.25) is 0 Å². The maximum atomic E-state index is 12.7. The van der Waals surface area contributed by atoms with Crippen LogP contribution in [0.5, 0.6) is 5.75 Å². The Morgan fingerprint density at radius 2 is 1.73 bits per heavy atom. The fourth-order valence-corrected chi connectivity index (χ4v) is 3.44. The highest BCUT2D eigenvalue weighted by Gasteiger charge is 2.33. The highest BCUT2D eigenvalue weighted by molar-refractivity contribution is 5.96. The Morgan fingerprint density at radius 1 is 1.08 bits per heavy atom. The summed E-state index contributed by atoms with van der Waals surface area (Å²) in [5.41, 5.74) is 4.45. The standard InChI is InChI=1S/C22H28N2O2/c1-14(2)24-19-12-11-17(26-6)13-18(19)20(23-21(24)25)15-7-9-16(10-8-15)22(3,4)5/h7-14,20H,1-6H3,(H,23,25). The molecule has 1 heterocycles. The SMILES string of the molecule is COc1ccc2c(c1)C(c1ccc(C(C)(C)C)cc1)NC(=O)N2C(C)C. The van der Waals surface area contributed by atoms with Crippen molar-refractivity contribution < 1.29 is 9.53 Å². The quantitative estimate of drug-likeness (QED) is 0.843. The molecule has 4 heteroatoms. The Balaban J connectivity index is 2.08. The summed E-state index contributed by atoms with van der Waals surface area (Å²) in [7, 11) is 1.66. The summed E-state index contributed by atoms with van der Waals surface area (Å²) in [6.07, 6.45) is 0. The van der Waals surface area contributed by atoms with E-state index in [1.54, 1.807) is 12.0 Å². The van der Waals surface area contributed by atoms with Gasteiger partial charge in [-0.3, -0.25) is 4.90 Å². The third-order valence-corrected chi connectivity index (χ3v) is 4.92. The maximum absolute atomic E-state index is 12.7. The van der Waals surface area contributed by atoms with Gasteiger partial charge >= 0.3 is 6.03 Å². The number of amides is 2. The molecule has 0 saturated carbocycles. The van der Waals surface area contributed by atoms with E-state index in [1.165, 1.54) is 5.56 Å². The molecule has 2 aromatic carbocycles. The van der Waals surface area contributed by atoms with Crippen LogP contribution in [0.25, 0.3) is 0 Å². The number of urea groups is 1. The van der Waals surface area contributed by atoms with E-state index in [1.807, 2.05) is 32.0 Å². The summed E-state index contributed by atoms with van der Waals surface area (Å²) in [5.74, 6) is 0.792.